The number of esters is 1. The molecule has 0 aromatic heterocycles. The summed E-state index contributed by atoms with van der Waals surface area (Å²) < 4.78 is 33.4. The molecule has 0 aliphatic carbocycles. The minimum absolute atomic E-state index is 0.0808. The molecule has 0 fully saturated rings. The van der Waals surface area contributed by atoms with Gasteiger partial charge in [-0.05, 0) is 72.3 Å². The number of rotatable bonds is 7. The molecule has 2 aromatic carbocycles. The first-order valence-electron chi connectivity index (χ1n) is 8.12. The van der Waals surface area contributed by atoms with Crippen molar-refractivity contribution in [1.29, 1.82) is 0 Å². The van der Waals surface area contributed by atoms with Gasteiger partial charge in [0.15, 0.2) is 0 Å². The molecule has 1 N–H and O–H groups in total. The van der Waals surface area contributed by atoms with E-state index in [-0.39, 0.29) is 11.5 Å². The van der Waals surface area contributed by atoms with Crippen LogP contribution in [0.2, 0.25) is 5.02 Å². The van der Waals surface area contributed by atoms with E-state index in [2.05, 4.69) is 4.72 Å². The number of benzene rings is 2. The molecule has 0 saturated carbocycles. The first-order chi connectivity index (χ1) is 12.7. The zero-order valence-electron chi connectivity index (χ0n) is 14.8. The molecule has 0 spiro atoms. The predicted molar refractivity (Wildman–Crippen MR) is 115 cm³/mol. The Bertz CT molecular complexity index is 925. The molecule has 2 rings (SSSR count). The zero-order valence-corrected chi connectivity index (χ0v) is 18.5. The molecule has 144 valence electrons. The molecule has 1 unspecified atom stereocenters. The Balaban J connectivity index is 2.34. The Morgan fingerprint density at radius 2 is 1.78 bits per heavy atom. The number of halogens is 2. The summed E-state index contributed by atoms with van der Waals surface area (Å²) in [5.74, 6) is -0.670. The van der Waals surface area contributed by atoms with Crippen LogP contribution in [0.15, 0.2) is 59.5 Å². The lowest BCUT2D eigenvalue weighted by atomic mass is 10.2. The fourth-order valence-corrected chi connectivity index (χ4v) is 4.16. The highest BCUT2D eigenvalue weighted by molar-refractivity contribution is 14.1. The molecule has 5 nitrogen and oxygen atoms in total. The average Bonchev–Trinajstić information content (AvgIpc) is 2.62. The van der Waals surface area contributed by atoms with Crippen LogP contribution in [-0.2, 0) is 19.6 Å². The number of nitrogens with one attached hydrogen (secondary N) is 1. The van der Waals surface area contributed by atoms with Crippen LogP contribution in [0.25, 0.3) is 3.58 Å². The van der Waals surface area contributed by atoms with Gasteiger partial charge in [-0.2, -0.15) is 4.72 Å². The monoisotopic (exact) mass is 519 g/mol. The summed E-state index contributed by atoms with van der Waals surface area (Å²) in [6.07, 6.45) is 1.52. The molecule has 0 radical (unpaired) electrons. The summed E-state index contributed by atoms with van der Waals surface area (Å²) in [4.78, 5) is 12.4. The molecule has 1 atom stereocenters. The quantitative estimate of drug-likeness (QED) is 0.436. The number of carbonyl (C=O) groups excluding carboxylic acids is 1. The van der Waals surface area contributed by atoms with Crippen LogP contribution in [0.1, 0.15) is 18.1 Å². The van der Waals surface area contributed by atoms with Crippen LogP contribution in [0.3, 0.4) is 0 Å². The van der Waals surface area contributed by atoms with E-state index in [4.69, 9.17) is 16.3 Å². The Hall–Kier alpha value is -1.42. The maximum Gasteiger partial charge on any atom is 0.328 e. The van der Waals surface area contributed by atoms with Gasteiger partial charge in [0.25, 0.3) is 0 Å². The summed E-state index contributed by atoms with van der Waals surface area (Å²) >= 11 is 7.93. The molecular weight excluding hydrogens is 501 g/mol. The molecule has 0 heterocycles. The van der Waals surface area contributed by atoms with Gasteiger partial charge in [-0.1, -0.05) is 41.4 Å². The van der Waals surface area contributed by atoms with Gasteiger partial charge >= 0.3 is 5.97 Å². The van der Waals surface area contributed by atoms with Crippen molar-refractivity contribution in [3.8, 4) is 0 Å². The highest BCUT2D eigenvalue weighted by atomic mass is 127. The van der Waals surface area contributed by atoms with Gasteiger partial charge in [0.05, 0.1) is 11.5 Å². The van der Waals surface area contributed by atoms with Gasteiger partial charge in [0, 0.05) is 8.60 Å². The summed E-state index contributed by atoms with van der Waals surface area (Å²) in [6, 6.07) is 12.2. The van der Waals surface area contributed by atoms with E-state index >= 15 is 0 Å². The lowest BCUT2D eigenvalue weighted by molar-refractivity contribution is -0.143. The largest absolute Gasteiger partial charge is 0.465 e. The SMILES string of the molecule is CCOC(=O)C(/C=C(\I)c1ccc(Cl)cc1)NS(=O)(=O)c1ccc(C)cc1. The Kier molecular flexibility index (Phi) is 7.84. The van der Waals surface area contributed by atoms with E-state index < -0.39 is 22.0 Å². The number of carbonyl (C=O) groups is 1. The zero-order chi connectivity index (χ0) is 20.0. The van der Waals surface area contributed by atoms with Crippen LogP contribution in [0.4, 0.5) is 0 Å². The van der Waals surface area contributed by atoms with Crippen molar-refractivity contribution in [3.05, 3.63) is 70.8 Å². The van der Waals surface area contributed by atoms with Crippen molar-refractivity contribution in [3.63, 3.8) is 0 Å². The number of hydrogen-bond donors (Lipinski definition) is 1. The van der Waals surface area contributed by atoms with Gasteiger partial charge < -0.3 is 4.74 Å². The van der Waals surface area contributed by atoms with Crippen LogP contribution in [0.5, 0.6) is 0 Å². The van der Waals surface area contributed by atoms with E-state index in [1.807, 2.05) is 29.5 Å². The molecule has 0 aliphatic heterocycles. The highest BCUT2D eigenvalue weighted by Crippen LogP contribution is 2.24. The fraction of sp³-hybridized carbons (Fsp3) is 0.211. The van der Waals surface area contributed by atoms with E-state index in [0.717, 1.165) is 11.1 Å². The van der Waals surface area contributed by atoms with Crippen molar-refractivity contribution >= 4 is 53.8 Å². The fourth-order valence-electron chi connectivity index (χ4n) is 2.19. The summed E-state index contributed by atoms with van der Waals surface area (Å²) in [7, 11) is -3.89. The highest BCUT2D eigenvalue weighted by Gasteiger charge is 2.25. The number of hydrogen-bond acceptors (Lipinski definition) is 4. The Labute approximate surface area is 178 Å². The minimum atomic E-state index is -3.89. The summed E-state index contributed by atoms with van der Waals surface area (Å²) in [5, 5.41) is 0.588. The third-order valence-corrected chi connectivity index (χ3v) is 6.28. The lowest BCUT2D eigenvalue weighted by Gasteiger charge is -2.15. The molecule has 0 aliphatic rings. The predicted octanol–water partition coefficient (Wildman–Crippen LogP) is 4.33. The van der Waals surface area contributed by atoms with Gasteiger partial charge in [0.1, 0.15) is 6.04 Å². The molecule has 0 amide bonds. The smallest absolute Gasteiger partial charge is 0.328 e. The van der Waals surface area contributed by atoms with Crippen molar-refractivity contribution in [1.82, 2.24) is 4.72 Å². The third kappa shape index (κ3) is 6.31. The molecular formula is C19H19ClINO4S. The standard InChI is InChI=1S/C19H19ClINO4S/c1-3-26-19(23)18(12-17(21)14-6-8-15(20)9-7-14)22-27(24,25)16-10-4-13(2)5-11-16/h4-12,18,22H,3H2,1-2H3/b17-12-. The topological polar surface area (TPSA) is 72.5 Å². The van der Waals surface area contributed by atoms with Crippen LogP contribution < -0.4 is 4.72 Å². The van der Waals surface area contributed by atoms with Crippen LogP contribution >= 0.6 is 34.2 Å². The number of ether oxygens (including phenoxy) is 1. The minimum Gasteiger partial charge on any atom is -0.465 e. The van der Waals surface area contributed by atoms with E-state index in [0.29, 0.717) is 8.60 Å². The van der Waals surface area contributed by atoms with Crippen LogP contribution in [0, 0.1) is 6.92 Å². The second-order valence-electron chi connectivity index (χ2n) is 5.69. The summed E-state index contributed by atoms with van der Waals surface area (Å²) in [6.45, 7) is 3.67. The Morgan fingerprint density at radius 3 is 2.33 bits per heavy atom. The second-order valence-corrected chi connectivity index (χ2v) is 9.00. The number of sulfonamides is 1. The van der Waals surface area contributed by atoms with Gasteiger partial charge in [0.2, 0.25) is 10.0 Å². The molecule has 8 heteroatoms. The van der Waals surface area contributed by atoms with Gasteiger partial charge in [-0.15, -0.1) is 0 Å². The third-order valence-electron chi connectivity index (χ3n) is 3.59. The second kappa shape index (κ2) is 9.68. The molecule has 0 bridgehead atoms. The van der Waals surface area contributed by atoms with Crippen LogP contribution in [-0.4, -0.2) is 27.0 Å². The normalized spacial score (nSPS) is 13.3. The van der Waals surface area contributed by atoms with E-state index in [1.165, 1.54) is 18.2 Å². The van der Waals surface area contributed by atoms with E-state index in [9.17, 15) is 13.2 Å². The Morgan fingerprint density at radius 1 is 1.19 bits per heavy atom. The lowest BCUT2D eigenvalue weighted by Crippen LogP contribution is -2.40. The first kappa shape index (κ1) is 21.9. The van der Waals surface area contributed by atoms with Crippen molar-refractivity contribution in [2.75, 3.05) is 6.61 Å². The van der Waals surface area contributed by atoms with E-state index in [1.54, 1.807) is 43.3 Å². The first-order valence-corrected chi connectivity index (χ1v) is 11.1. The van der Waals surface area contributed by atoms with Crippen molar-refractivity contribution in [2.45, 2.75) is 24.8 Å². The molecule has 0 saturated heterocycles. The molecule has 27 heavy (non-hydrogen) atoms. The summed E-state index contributed by atoms with van der Waals surface area (Å²) in [5.41, 5.74) is 1.75. The van der Waals surface area contributed by atoms with Gasteiger partial charge in [-0.3, -0.25) is 0 Å². The maximum atomic E-state index is 12.7. The number of aryl methyl sites for hydroxylation is 1. The van der Waals surface area contributed by atoms with Crippen molar-refractivity contribution in [2.24, 2.45) is 0 Å². The average molecular weight is 520 g/mol. The maximum absolute atomic E-state index is 12.7. The van der Waals surface area contributed by atoms with Crippen molar-refractivity contribution < 1.29 is 17.9 Å². The molecule has 2 aromatic rings. The van der Waals surface area contributed by atoms with Gasteiger partial charge in [-0.25, -0.2) is 13.2 Å².